The molecule has 2 amide bonds. The maximum atomic E-state index is 13.8. The molecule has 0 saturated carbocycles. The van der Waals surface area contributed by atoms with Crippen LogP contribution in [0.25, 0.3) is 0 Å². The Morgan fingerprint density at radius 3 is 2.81 bits per heavy atom. The molecule has 142 valence electrons. The molecule has 0 aromatic heterocycles. The minimum Gasteiger partial charge on any atom is -0.395 e. The number of hydrogen-bond acceptors (Lipinski definition) is 3. The second-order valence-electron chi connectivity index (χ2n) is 7.35. The minimum atomic E-state index is -0.968. The first-order chi connectivity index (χ1) is 12.4. The Morgan fingerprint density at radius 2 is 2.04 bits per heavy atom. The van der Waals surface area contributed by atoms with Crippen LogP contribution in [0.5, 0.6) is 0 Å². The molecule has 3 rings (SSSR count). The molecule has 2 aliphatic heterocycles. The van der Waals surface area contributed by atoms with E-state index in [4.69, 9.17) is 5.11 Å². The Balaban J connectivity index is 1.69. The lowest BCUT2D eigenvalue weighted by molar-refractivity contribution is -0.143. The lowest BCUT2D eigenvalue weighted by Crippen LogP contribution is -2.55. The molecule has 5 nitrogen and oxygen atoms in total. The van der Waals surface area contributed by atoms with E-state index in [1.54, 1.807) is 9.80 Å². The SMILES string of the molecule is O=C1CC[C@@]2(CCCN(C(=O)Cc3cccc(F)c3F)C2)CN1CCO. The maximum Gasteiger partial charge on any atom is 0.227 e. The largest absolute Gasteiger partial charge is 0.395 e. The van der Waals surface area contributed by atoms with Crippen molar-refractivity contribution in [2.24, 2.45) is 5.41 Å². The van der Waals surface area contributed by atoms with E-state index < -0.39 is 11.6 Å². The fourth-order valence-corrected chi connectivity index (χ4v) is 4.14. The molecule has 0 aliphatic carbocycles. The molecule has 1 aromatic carbocycles. The van der Waals surface area contributed by atoms with Gasteiger partial charge in [-0.3, -0.25) is 9.59 Å². The summed E-state index contributed by atoms with van der Waals surface area (Å²) in [5.41, 5.74) is -0.104. The zero-order valence-electron chi connectivity index (χ0n) is 14.7. The quantitative estimate of drug-likeness (QED) is 0.883. The molecule has 2 heterocycles. The van der Waals surface area contributed by atoms with Gasteiger partial charge in [0.25, 0.3) is 0 Å². The summed E-state index contributed by atoms with van der Waals surface area (Å²) in [6.07, 6.45) is 2.70. The number of piperidine rings is 2. The Bertz CT molecular complexity index is 697. The first-order valence-electron chi connectivity index (χ1n) is 9.03. The second kappa shape index (κ2) is 7.70. The summed E-state index contributed by atoms with van der Waals surface area (Å²) in [5.74, 6) is -2.10. The molecule has 1 N–H and O–H groups in total. The van der Waals surface area contributed by atoms with Crippen molar-refractivity contribution >= 4 is 11.8 Å². The van der Waals surface area contributed by atoms with Crippen molar-refractivity contribution in [1.82, 2.24) is 9.80 Å². The molecular weight excluding hydrogens is 342 g/mol. The number of benzene rings is 1. The molecule has 2 saturated heterocycles. The summed E-state index contributed by atoms with van der Waals surface area (Å²) in [7, 11) is 0. The normalized spacial score (nSPS) is 23.6. The van der Waals surface area contributed by atoms with E-state index in [1.165, 1.54) is 12.1 Å². The molecule has 0 radical (unpaired) electrons. The van der Waals surface area contributed by atoms with Gasteiger partial charge in [0.05, 0.1) is 13.0 Å². The van der Waals surface area contributed by atoms with Gasteiger partial charge in [-0.1, -0.05) is 12.1 Å². The Kier molecular flexibility index (Phi) is 5.55. The highest BCUT2D eigenvalue weighted by Gasteiger charge is 2.42. The third kappa shape index (κ3) is 3.87. The van der Waals surface area contributed by atoms with Gasteiger partial charge in [-0.05, 0) is 25.3 Å². The third-order valence-electron chi connectivity index (χ3n) is 5.51. The number of rotatable bonds is 4. The highest BCUT2D eigenvalue weighted by Crippen LogP contribution is 2.39. The summed E-state index contributed by atoms with van der Waals surface area (Å²) in [6, 6.07) is 3.87. The number of likely N-dealkylation sites (tertiary alicyclic amines) is 2. The van der Waals surface area contributed by atoms with Gasteiger partial charge in [-0.25, -0.2) is 8.78 Å². The fourth-order valence-electron chi connectivity index (χ4n) is 4.14. The number of aliphatic hydroxyl groups is 1. The van der Waals surface area contributed by atoms with Crippen molar-refractivity contribution < 1.29 is 23.5 Å². The standard InChI is InChI=1S/C19H24F2N2O3/c20-15-4-1-3-14(18(15)21)11-17(26)22-8-2-6-19(12-22)7-5-16(25)23(13-19)9-10-24/h1,3-4,24H,2,5-13H2/t19-/m1/s1. The van der Waals surface area contributed by atoms with E-state index >= 15 is 0 Å². The lowest BCUT2D eigenvalue weighted by Gasteiger charge is -2.48. The third-order valence-corrected chi connectivity index (χ3v) is 5.51. The number of β-amino-alcohol motifs (C(OH)–C–C–N with tert-alkyl or cyclic N) is 1. The van der Waals surface area contributed by atoms with Crippen LogP contribution in [0.1, 0.15) is 31.2 Å². The van der Waals surface area contributed by atoms with E-state index in [1.807, 2.05) is 0 Å². The van der Waals surface area contributed by atoms with Gasteiger partial charge in [-0.15, -0.1) is 0 Å². The van der Waals surface area contributed by atoms with Crippen LogP contribution in [-0.2, 0) is 16.0 Å². The topological polar surface area (TPSA) is 60.9 Å². The van der Waals surface area contributed by atoms with E-state index in [9.17, 15) is 18.4 Å². The molecule has 26 heavy (non-hydrogen) atoms. The summed E-state index contributed by atoms with van der Waals surface area (Å²) in [4.78, 5) is 28.0. The molecule has 1 aromatic rings. The Labute approximate surface area is 151 Å². The van der Waals surface area contributed by atoms with Gasteiger partial charge in [-0.2, -0.15) is 0 Å². The number of hydrogen-bond donors (Lipinski definition) is 1. The zero-order chi connectivity index (χ0) is 18.7. The highest BCUT2D eigenvalue weighted by molar-refractivity contribution is 5.79. The lowest BCUT2D eigenvalue weighted by atomic mass is 9.73. The number of amides is 2. The van der Waals surface area contributed by atoms with Gasteiger partial charge >= 0.3 is 0 Å². The smallest absolute Gasteiger partial charge is 0.227 e. The van der Waals surface area contributed by atoms with Crippen molar-refractivity contribution in [2.75, 3.05) is 32.8 Å². The maximum absolute atomic E-state index is 13.8. The molecule has 7 heteroatoms. The summed E-state index contributed by atoms with van der Waals surface area (Å²) < 4.78 is 27.2. The van der Waals surface area contributed by atoms with Crippen LogP contribution in [0.4, 0.5) is 8.78 Å². The van der Waals surface area contributed by atoms with E-state index in [-0.39, 0.29) is 35.8 Å². The zero-order valence-corrected chi connectivity index (χ0v) is 14.7. The van der Waals surface area contributed by atoms with Crippen LogP contribution in [0, 0.1) is 17.0 Å². The van der Waals surface area contributed by atoms with Crippen molar-refractivity contribution in [3.05, 3.63) is 35.4 Å². The first kappa shape index (κ1) is 18.8. The Morgan fingerprint density at radius 1 is 1.23 bits per heavy atom. The average molecular weight is 366 g/mol. The fraction of sp³-hybridized carbons (Fsp3) is 0.579. The van der Waals surface area contributed by atoms with Crippen molar-refractivity contribution in [2.45, 2.75) is 32.1 Å². The molecule has 0 unspecified atom stereocenters. The monoisotopic (exact) mass is 366 g/mol. The van der Waals surface area contributed by atoms with Crippen LogP contribution in [0.2, 0.25) is 0 Å². The Hall–Kier alpha value is -2.02. The number of nitrogens with zero attached hydrogens (tertiary/aromatic N) is 2. The molecule has 2 fully saturated rings. The van der Waals surface area contributed by atoms with Gasteiger partial charge in [0.15, 0.2) is 11.6 Å². The van der Waals surface area contributed by atoms with Gasteiger partial charge in [0.1, 0.15) is 0 Å². The predicted octanol–water partition coefficient (Wildman–Crippen LogP) is 1.73. The summed E-state index contributed by atoms with van der Waals surface area (Å²) >= 11 is 0. The van der Waals surface area contributed by atoms with Crippen molar-refractivity contribution in [1.29, 1.82) is 0 Å². The number of carbonyl (C=O) groups excluding carboxylic acids is 2. The van der Waals surface area contributed by atoms with E-state index in [0.717, 1.165) is 18.9 Å². The van der Waals surface area contributed by atoms with Crippen LogP contribution >= 0.6 is 0 Å². The predicted molar refractivity (Wildman–Crippen MR) is 91.2 cm³/mol. The second-order valence-corrected chi connectivity index (χ2v) is 7.35. The summed E-state index contributed by atoms with van der Waals surface area (Å²) in [5, 5.41) is 9.15. The van der Waals surface area contributed by atoms with Crippen molar-refractivity contribution in [3.63, 3.8) is 0 Å². The molecule has 2 aliphatic rings. The van der Waals surface area contributed by atoms with Gasteiger partial charge < -0.3 is 14.9 Å². The van der Waals surface area contributed by atoms with Crippen LogP contribution in [0.15, 0.2) is 18.2 Å². The van der Waals surface area contributed by atoms with E-state index in [2.05, 4.69) is 0 Å². The number of halogens is 2. The van der Waals surface area contributed by atoms with Crippen LogP contribution < -0.4 is 0 Å². The van der Waals surface area contributed by atoms with E-state index in [0.29, 0.717) is 39.0 Å². The number of aliphatic hydroxyl groups excluding tert-OH is 1. The van der Waals surface area contributed by atoms with Crippen LogP contribution in [-0.4, -0.2) is 59.5 Å². The number of carbonyl (C=O) groups is 2. The highest BCUT2D eigenvalue weighted by atomic mass is 19.2. The summed E-state index contributed by atoms with van der Waals surface area (Å²) in [6.45, 7) is 1.86. The first-order valence-corrected chi connectivity index (χ1v) is 9.03. The van der Waals surface area contributed by atoms with Crippen LogP contribution in [0.3, 0.4) is 0 Å². The van der Waals surface area contributed by atoms with Gasteiger partial charge in [0.2, 0.25) is 11.8 Å². The molecular formula is C19H24F2N2O3. The van der Waals surface area contributed by atoms with Crippen molar-refractivity contribution in [3.8, 4) is 0 Å². The molecule has 1 atom stereocenters. The van der Waals surface area contributed by atoms with Gasteiger partial charge in [0, 0.05) is 43.6 Å². The minimum absolute atomic E-state index is 0.0370. The molecule has 0 bridgehead atoms. The molecule has 1 spiro atoms. The average Bonchev–Trinajstić information content (AvgIpc) is 2.63.